The van der Waals surface area contributed by atoms with Gasteiger partial charge in [-0.1, -0.05) is 33.1 Å². The maximum Gasteiger partial charge on any atom is 0.0459 e. The van der Waals surface area contributed by atoms with Crippen LogP contribution in [0.1, 0.15) is 46.0 Å². The first kappa shape index (κ1) is 13.5. The first-order valence-corrected chi connectivity index (χ1v) is 4.54. The molecule has 2 heteroatoms. The molecule has 0 saturated heterocycles. The Morgan fingerprint density at radius 2 is 1.55 bits per heavy atom. The molecule has 0 spiro atoms. The third-order valence-corrected chi connectivity index (χ3v) is 1.98. The van der Waals surface area contributed by atoms with Gasteiger partial charge in [-0.25, -0.2) is 0 Å². The highest BCUT2D eigenvalue weighted by atomic mass is 16.3. The van der Waals surface area contributed by atoms with Gasteiger partial charge in [-0.3, -0.25) is 0 Å². The van der Waals surface area contributed by atoms with Crippen molar-refractivity contribution in [1.29, 1.82) is 0 Å². The standard InChI is InChI=1S/C7H14O.C2H6.H2O/c8-6-7-4-2-1-3-5-7;1-2;/h7-8H,1-6H2;1-2H3;1H2. The predicted molar refractivity (Wildman–Crippen MR) is 48.6 cm³/mol. The van der Waals surface area contributed by atoms with Gasteiger partial charge in [0.2, 0.25) is 0 Å². The zero-order valence-electron chi connectivity index (χ0n) is 7.77. The lowest BCUT2D eigenvalue weighted by molar-refractivity contribution is 0.190. The van der Waals surface area contributed by atoms with Crippen LogP contribution in [0.5, 0.6) is 0 Å². The molecular formula is C9H22O2. The lowest BCUT2D eigenvalue weighted by atomic mass is 9.90. The van der Waals surface area contributed by atoms with Crippen molar-refractivity contribution in [3.8, 4) is 0 Å². The van der Waals surface area contributed by atoms with Crippen LogP contribution in [0.15, 0.2) is 0 Å². The van der Waals surface area contributed by atoms with Gasteiger partial charge in [0.05, 0.1) is 0 Å². The van der Waals surface area contributed by atoms with Crippen molar-refractivity contribution in [3.63, 3.8) is 0 Å². The van der Waals surface area contributed by atoms with E-state index in [1.165, 1.54) is 32.1 Å². The van der Waals surface area contributed by atoms with Crippen molar-refractivity contribution in [1.82, 2.24) is 0 Å². The van der Waals surface area contributed by atoms with Crippen LogP contribution in [0.2, 0.25) is 0 Å². The molecular weight excluding hydrogens is 140 g/mol. The molecule has 0 unspecified atom stereocenters. The zero-order chi connectivity index (χ0) is 7.82. The first-order chi connectivity index (χ1) is 4.93. The molecule has 11 heavy (non-hydrogen) atoms. The lowest BCUT2D eigenvalue weighted by Crippen LogP contribution is -2.09. The van der Waals surface area contributed by atoms with Crippen LogP contribution in [0.3, 0.4) is 0 Å². The van der Waals surface area contributed by atoms with E-state index in [0.29, 0.717) is 12.5 Å². The van der Waals surface area contributed by atoms with Crippen LogP contribution in [-0.2, 0) is 0 Å². The maximum atomic E-state index is 8.69. The van der Waals surface area contributed by atoms with Gasteiger partial charge in [0.15, 0.2) is 0 Å². The van der Waals surface area contributed by atoms with E-state index in [4.69, 9.17) is 5.11 Å². The van der Waals surface area contributed by atoms with E-state index in [-0.39, 0.29) is 5.48 Å². The Balaban J connectivity index is 0. The molecule has 1 fully saturated rings. The molecule has 1 rings (SSSR count). The Morgan fingerprint density at radius 3 is 1.82 bits per heavy atom. The Morgan fingerprint density at radius 1 is 1.09 bits per heavy atom. The summed E-state index contributed by atoms with van der Waals surface area (Å²) in [4.78, 5) is 0. The zero-order valence-corrected chi connectivity index (χ0v) is 7.77. The normalized spacial score (nSPS) is 17.7. The monoisotopic (exact) mass is 162 g/mol. The summed E-state index contributed by atoms with van der Waals surface area (Å²) in [6.07, 6.45) is 6.58. The minimum absolute atomic E-state index is 0. The second-order valence-corrected chi connectivity index (χ2v) is 2.69. The van der Waals surface area contributed by atoms with Crippen molar-refractivity contribution < 1.29 is 10.6 Å². The van der Waals surface area contributed by atoms with E-state index in [1.807, 2.05) is 13.8 Å². The Kier molecular flexibility index (Phi) is 12.2. The second-order valence-electron chi connectivity index (χ2n) is 2.69. The van der Waals surface area contributed by atoms with Gasteiger partial charge in [0.1, 0.15) is 0 Å². The molecule has 2 nitrogen and oxygen atoms in total. The van der Waals surface area contributed by atoms with E-state index in [2.05, 4.69) is 0 Å². The predicted octanol–water partition coefficient (Wildman–Crippen LogP) is 1.76. The fourth-order valence-corrected chi connectivity index (χ4v) is 1.37. The molecule has 0 atom stereocenters. The fraction of sp³-hybridized carbons (Fsp3) is 1.00. The van der Waals surface area contributed by atoms with Crippen molar-refractivity contribution in [2.45, 2.75) is 46.0 Å². The summed E-state index contributed by atoms with van der Waals surface area (Å²) < 4.78 is 0. The molecule has 1 aliphatic rings. The average Bonchev–Trinajstić information content (AvgIpc) is 2.10. The molecule has 0 aromatic heterocycles. The molecule has 1 aliphatic carbocycles. The van der Waals surface area contributed by atoms with Gasteiger partial charge in [-0.15, -0.1) is 0 Å². The van der Waals surface area contributed by atoms with Gasteiger partial charge in [-0.2, -0.15) is 0 Å². The Hall–Kier alpha value is -0.0800. The highest BCUT2D eigenvalue weighted by Gasteiger charge is 2.10. The summed E-state index contributed by atoms with van der Waals surface area (Å²) in [6.45, 7) is 4.42. The highest BCUT2D eigenvalue weighted by Crippen LogP contribution is 2.22. The van der Waals surface area contributed by atoms with E-state index in [1.54, 1.807) is 0 Å². The van der Waals surface area contributed by atoms with Crippen LogP contribution in [0.25, 0.3) is 0 Å². The quantitative estimate of drug-likeness (QED) is 0.627. The van der Waals surface area contributed by atoms with Crippen molar-refractivity contribution in [3.05, 3.63) is 0 Å². The molecule has 0 heterocycles. The Labute approximate surface area is 69.9 Å². The highest BCUT2D eigenvalue weighted by molar-refractivity contribution is 4.63. The summed E-state index contributed by atoms with van der Waals surface area (Å²) in [5, 5.41) is 8.69. The molecule has 70 valence electrons. The Bertz CT molecular complexity index is 58.6. The summed E-state index contributed by atoms with van der Waals surface area (Å²) in [6, 6.07) is 0. The molecule has 3 N–H and O–H groups in total. The third-order valence-electron chi connectivity index (χ3n) is 1.98. The van der Waals surface area contributed by atoms with Gasteiger partial charge in [0, 0.05) is 6.61 Å². The summed E-state index contributed by atoms with van der Waals surface area (Å²) in [5.74, 6) is 0.642. The fourth-order valence-electron chi connectivity index (χ4n) is 1.37. The van der Waals surface area contributed by atoms with Crippen LogP contribution >= 0.6 is 0 Å². The van der Waals surface area contributed by atoms with Gasteiger partial charge < -0.3 is 10.6 Å². The molecule has 0 radical (unpaired) electrons. The molecule has 0 amide bonds. The first-order valence-electron chi connectivity index (χ1n) is 4.54. The van der Waals surface area contributed by atoms with Gasteiger partial charge >= 0.3 is 0 Å². The largest absolute Gasteiger partial charge is 0.412 e. The lowest BCUT2D eigenvalue weighted by Gasteiger charge is -2.18. The molecule has 0 bridgehead atoms. The van der Waals surface area contributed by atoms with E-state index in [9.17, 15) is 0 Å². The summed E-state index contributed by atoms with van der Waals surface area (Å²) >= 11 is 0. The van der Waals surface area contributed by atoms with Gasteiger partial charge in [0.25, 0.3) is 0 Å². The maximum absolute atomic E-state index is 8.69. The van der Waals surface area contributed by atoms with Crippen LogP contribution < -0.4 is 0 Å². The number of hydrogen-bond donors (Lipinski definition) is 1. The van der Waals surface area contributed by atoms with Crippen molar-refractivity contribution >= 4 is 0 Å². The van der Waals surface area contributed by atoms with E-state index < -0.39 is 0 Å². The topological polar surface area (TPSA) is 51.7 Å². The average molecular weight is 162 g/mol. The summed E-state index contributed by atoms with van der Waals surface area (Å²) in [7, 11) is 0. The molecule has 0 aromatic rings. The van der Waals surface area contributed by atoms with Crippen molar-refractivity contribution in [2.24, 2.45) is 5.92 Å². The SMILES string of the molecule is CC.O.OCC1CCCCC1. The van der Waals surface area contributed by atoms with Crippen molar-refractivity contribution in [2.75, 3.05) is 6.61 Å². The number of aliphatic hydroxyl groups excluding tert-OH is 1. The van der Waals surface area contributed by atoms with Crippen LogP contribution in [0.4, 0.5) is 0 Å². The van der Waals surface area contributed by atoms with Gasteiger partial charge in [-0.05, 0) is 18.8 Å². The number of rotatable bonds is 1. The van der Waals surface area contributed by atoms with Crippen LogP contribution in [-0.4, -0.2) is 17.2 Å². The molecule has 0 aromatic carbocycles. The van der Waals surface area contributed by atoms with E-state index in [0.717, 1.165) is 0 Å². The smallest absolute Gasteiger partial charge is 0.0459 e. The number of aliphatic hydroxyl groups is 1. The minimum Gasteiger partial charge on any atom is -0.412 e. The molecule has 0 aliphatic heterocycles. The second kappa shape index (κ2) is 9.92. The molecule has 1 saturated carbocycles. The third kappa shape index (κ3) is 6.32. The van der Waals surface area contributed by atoms with Crippen LogP contribution in [0, 0.1) is 5.92 Å². The number of hydrogen-bond acceptors (Lipinski definition) is 1. The van der Waals surface area contributed by atoms with E-state index >= 15 is 0 Å². The summed E-state index contributed by atoms with van der Waals surface area (Å²) in [5.41, 5.74) is 0. The minimum atomic E-state index is 0.